The van der Waals surface area contributed by atoms with Gasteiger partial charge in [0.2, 0.25) is 0 Å². The average molecular weight is 254 g/mol. The van der Waals surface area contributed by atoms with Crippen molar-refractivity contribution < 1.29 is 4.74 Å². The van der Waals surface area contributed by atoms with Crippen LogP contribution >= 0.6 is 0 Å². The topological polar surface area (TPSA) is 38.5 Å². The van der Waals surface area contributed by atoms with Crippen molar-refractivity contribution in [3.8, 4) is 0 Å². The van der Waals surface area contributed by atoms with Gasteiger partial charge in [-0.2, -0.15) is 0 Å². The van der Waals surface area contributed by atoms with E-state index in [4.69, 9.17) is 10.5 Å². The van der Waals surface area contributed by atoms with Gasteiger partial charge in [-0.25, -0.2) is 0 Å². The van der Waals surface area contributed by atoms with E-state index < -0.39 is 0 Å². The lowest BCUT2D eigenvalue weighted by Gasteiger charge is -2.45. The van der Waals surface area contributed by atoms with Gasteiger partial charge in [0, 0.05) is 31.8 Å². The van der Waals surface area contributed by atoms with Gasteiger partial charge in [0.1, 0.15) is 0 Å². The van der Waals surface area contributed by atoms with Gasteiger partial charge in [-0.3, -0.25) is 4.90 Å². The molecule has 106 valence electrons. The van der Waals surface area contributed by atoms with Crippen molar-refractivity contribution in [3.05, 3.63) is 0 Å². The van der Waals surface area contributed by atoms with Crippen LogP contribution < -0.4 is 5.73 Å². The molecule has 2 atom stereocenters. The Labute approximate surface area is 112 Å². The van der Waals surface area contributed by atoms with Gasteiger partial charge < -0.3 is 10.5 Å². The van der Waals surface area contributed by atoms with E-state index in [2.05, 4.69) is 18.7 Å². The van der Waals surface area contributed by atoms with Crippen molar-refractivity contribution in [3.63, 3.8) is 0 Å². The molecule has 0 amide bonds. The third-order valence-electron chi connectivity index (χ3n) is 4.89. The van der Waals surface area contributed by atoms with Gasteiger partial charge in [0.25, 0.3) is 0 Å². The maximum atomic E-state index is 6.13. The Balaban J connectivity index is 2.02. The molecule has 18 heavy (non-hydrogen) atoms. The minimum Gasteiger partial charge on any atom is -0.383 e. The van der Waals surface area contributed by atoms with Crippen LogP contribution in [0.4, 0.5) is 0 Å². The van der Waals surface area contributed by atoms with Crippen molar-refractivity contribution >= 4 is 0 Å². The Hall–Kier alpha value is -0.120. The van der Waals surface area contributed by atoms with Gasteiger partial charge >= 0.3 is 0 Å². The first kappa shape index (κ1) is 14.3. The number of nitrogens with two attached hydrogens (primary N) is 1. The van der Waals surface area contributed by atoms with Crippen molar-refractivity contribution in [2.75, 3.05) is 26.8 Å². The van der Waals surface area contributed by atoms with Gasteiger partial charge in [-0.1, -0.05) is 12.8 Å². The Morgan fingerprint density at radius 1 is 1.33 bits per heavy atom. The van der Waals surface area contributed by atoms with Crippen molar-refractivity contribution in [2.24, 2.45) is 17.6 Å². The van der Waals surface area contributed by atoms with Crippen LogP contribution in [0.5, 0.6) is 0 Å². The zero-order valence-electron chi connectivity index (χ0n) is 12.3. The summed E-state index contributed by atoms with van der Waals surface area (Å²) in [4.78, 5) is 2.65. The Kier molecular flexibility index (Phi) is 4.68. The Morgan fingerprint density at radius 2 is 2.00 bits per heavy atom. The second-order valence-electron chi connectivity index (χ2n) is 6.61. The molecule has 0 spiro atoms. The lowest BCUT2D eigenvalue weighted by atomic mass is 9.90. The average Bonchev–Trinajstić information content (AvgIpc) is 3.22. The van der Waals surface area contributed by atoms with Crippen LogP contribution in [-0.4, -0.2) is 43.3 Å². The zero-order chi connectivity index (χ0) is 13.2. The van der Waals surface area contributed by atoms with E-state index in [-0.39, 0.29) is 5.54 Å². The maximum Gasteiger partial charge on any atom is 0.0590 e. The molecule has 0 heterocycles. The van der Waals surface area contributed by atoms with Crippen LogP contribution in [0.15, 0.2) is 0 Å². The summed E-state index contributed by atoms with van der Waals surface area (Å²) in [6, 6.07) is 0.660. The molecule has 2 saturated carbocycles. The van der Waals surface area contributed by atoms with Crippen molar-refractivity contribution in [1.29, 1.82) is 0 Å². The normalized spacial score (nSPS) is 25.2. The fourth-order valence-electron chi connectivity index (χ4n) is 3.25. The minimum absolute atomic E-state index is 0.168. The molecule has 0 aromatic carbocycles. The number of ether oxygens (including phenoxy) is 1. The summed E-state index contributed by atoms with van der Waals surface area (Å²) >= 11 is 0. The first-order valence-electron chi connectivity index (χ1n) is 7.56. The lowest BCUT2D eigenvalue weighted by Crippen LogP contribution is -2.57. The maximum absolute atomic E-state index is 6.13. The van der Waals surface area contributed by atoms with Crippen LogP contribution in [0.2, 0.25) is 0 Å². The van der Waals surface area contributed by atoms with E-state index in [0.717, 1.165) is 31.5 Å². The molecule has 2 aliphatic rings. The molecule has 0 bridgehead atoms. The molecule has 3 heteroatoms. The highest BCUT2D eigenvalue weighted by molar-refractivity contribution is 4.98. The van der Waals surface area contributed by atoms with Crippen LogP contribution in [0.3, 0.4) is 0 Å². The van der Waals surface area contributed by atoms with Crippen LogP contribution in [0.1, 0.15) is 46.0 Å². The van der Waals surface area contributed by atoms with Gasteiger partial charge in [0.05, 0.1) is 6.61 Å². The predicted molar refractivity (Wildman–Crippen MR) is 75.6 cm³/mol. The zero-order valence-corrected chi connectivity index (χ0v) is 12.3. The number of rotatable bonds is 9. The molecule has 0 aromatic rings. The fraction of sp³-hybridized carbons (Fsp3) is 1.00. The first-order chi connectivity index (χ1) is 8.60. The van der Waals surface area contributed by atoms with Crippen molar-refractivity contribution in [2.45, 2.75) is 57.5 Å². The largest absolute Gasteiger partial charge is 0.383 e. The highest BCUT2D eigenvalue weighted by Crippen LogP contribution is 2.42. The smallest absolute Gasteiger partial charge is 0.0590 e. The fourth-order valence-corrected chi connectivity index (χ4v) is 3.25. The number of methoxy groups -OCH3 is 1. The van der Waals surface area contributed by atoms with E-state index in [1.165, 1.54) is 32.1 Å². The Bertz CT molecular complexity index is 263. The van der Waals surface area contributed by atoms with Crippen LogP contribution in [0, 0.1) is 11.8 Å². The van der Waals surface area contributed by atoms with E-state index >= 15 is 0 Å². The van der Waals surface area contributed by atoms with Gasteiger partial charge in [0.15, 0.2) is 0 Å². The Morgan fingerprint density at radius 3 is 2.44 bits per heavy atom. The summed E-state index contributed by atoms with van der Waals surface area (Å²) < 4.78 is 5.30. The summed E-state index contributed by atoms with van der Waals surface area (Å²) in [6.07, 6.45) is 6.88. The molecule has 2 aliphatic carbocycles. The van der Waals surface area contributed by atoms with Gasteiger partial charge in [-0.05, 0) is 44.9 Å². The molecule has 0 radical (unpaired) electrons. The number of nitrogens with zero attached hydrogens (tertiary/aromatic N) is 1. The van der Waals surface area contributed by atoms with E-state index in [1.54, 1.807) is 7.11 Å². The summed E-state index contributed by atoms with van der Waals surface area (Å²) in [7, 11) is 1.79. The number of hydrogen-bond donors (Lipinski definition) is 1. The summed E-state index contributed by atoms with van der Waals surface area (Å²) in [5.74, 6) is 1.82. The monoisotopic (exact) mass is 254 g/mol. The molecule has 2 unspecified atom stereocenters. The van der Waals surface area contributed by atoms with Crippen molar-refractivity contribution in [1.82, 2.24) is 4.90 Å². The molecular weight excluding hydrogens is 224 g/mol. The van der Waals surface area contributed by atoms with Crippen LogP contribution in [-0.2, 0) is 4.74 Å². The molecule has 2 fully saturated rings. The molecule has 2 N–H and O–H groups in total. The SMILES string of the molecule is COCCN(C(C)C1CC1)C(C)(CN)CC1CC1. The second-order valence-corrected chi connectivity index (χ2v) is 6.61. The standard InChI is InChI=1S/C15H30N2O/c1-12(14-6-7-14)17(8-9-18-3)15(2,11-16)10-13-4-5-13/h12-14H,4-11,16H2,1-3H3. The second kappa shape index (κ2) is 5.89. The molecular formula is C15H30N2O. The quantitative estimate of drug-likeness (QED) is 0.686. The van der Waals surface area contributed by atoms with Crippen LogP contribution in [0.25, 0.3) is 0 Å². The molecule has 2 rings (SSSR count). The predicted octanol–water partition coefficient (Wildman–Crippen LogP) is 2.25. The highest BCUT2D eigenvalue weighted by atomic mass is 16.5. The first-order valence-corrected chi connectivity index (χ1v) is 7.56. The lowest BCUT2D eigenvalue weighted by molar-refractivity contribution is 0.0230. The summed E-state index contributed by atoms with van der Waals surface area (Å²) in [5.41, 5.74) is 6.30. The molecule has 0 aromatic heterocycles. The summed E-state index contributed by atoms with van der Waals surface area (Å²) in [6.45, 7) is 7.35. The van der Waals surface area contributed by atoms with E-state index in [1.807, 2.05) is 0 Å². The molecule has 0 aliphatic heterocycles. The third kappa shape index (κ3) is 3.46. The minimum atomic E-state index is 0.168. The molecule has 0 saturated heterocycles. The van der Waals surface area contributed by atoms with Gasteiger partial charge in [-0.15, -0.1) is 0 Å². The summed E-state index contributed by atoms with van der Waals surface area (Å²) in [5, 5.41) is 0. The highest BCUT2D eigenvalue weighted by Gasteiger charge is 2.42. The van der Waals surface area contributed by atoms with E-state index in [9.17, 15) is 0 Å². The van der Waals surface area contributed by atoms with E-state index in [0.29, 0.717) is 6.04 Å². The third-order valence-corrected chi connectivity index (χ3v) is 4.89. The molecule has 3 nitrogen and oxygen atoms in total. The number of hydrogen-bond acceptors (Lipinski definition) is 3.